The summed E-state index contributed by atoms with van der Waals surface area (Å²) in [6, 6.07) is 11.4. The van der Waals surface area contributed by atoms with Crippen LogP contribution < -0.4 is 5.32 Å². The number of piperidine rings is 1. The molecule has 0 aliphatic carbocycles. The predicted octanol–water partition coefficient (Wildman–Crippen LogP) is 5.24. The van der Waals surface area contributed by atoms with Crippen LogP contribution in [0.5, 0.6) is 0 Å². The summed E-state index contributed by atoms with van der Waals surface area (Å²) in [7, 11) is 0. The number of hydrogen-bond acceptors (Lipinski definition) is 2. The average molecular weight is 383 g/mol. The lowest BCUT2D eigenvalue weighted by Gasteiger charge is -2.31. The highest BCUT2D eigenvalue weighted by molar-refractivity contribution is 6.30. The monoisotopic (exact) mass is 382 g/mol. The molecule has 27 heavy (non-hydrogen) atoms. The molecule has 1 aromatic heterocycles. The number of nitrogens with one attached hydrogen (secondary N) is 2. The second-order valence-electron chi connectivity index (χ2n) is 7.28. The molecule has 0 bridgehead atoms. The fourth-order valence-electron chi connectivity index (χ4n) is 3.61. The number of rotatable bonds is 2. The summed E-state index contributed by atoms with van der Waals surface area (Å²) in [6.45, 7) is 5.66. The molecule has 1 saturated heterocycles. The lowest BCUT2D eigenvalue weighted by molar-refractivity contribution is 0.193. The van der Waals surface area contributed by atoms with Gasteiger partial charge in [0.1, 0.15) is 5.82 Å². The van der Waals surface area contributed by atoms with Gasteiger partial charge < -0.3 is 15.2 Å². The van der Waals surface area contributed by atoms with Crippen LogP contribution in [-0.4, -0.2) is 34.0 Å². The van der Waals surface area contributed by atoms with E-state index < -0.39 is 0 Å². The van der Waals surface area contributed by atoms with Crippen molar-refractivity contribution in [2.75, 3.05) is 18.4 Å². The Labute approximate surface area is 163 Å². The number of urea groups is 1. The minimum absolute atomic E-state index is 0.0772. The smallest absolute Gasteiger partial charge is 0.321 e. The van der Waals surface area contributed by atoms with Crippen molar-refractivity contribution in [2.45, 2.75) is 32.6 Å². The molecule has 4 rings (SSSR count). The Bertz CT molecular complexity index is 950. The number of halogens is 1. The van der Waals surface area contributed by atoms with E-state index in [2.05, 4.69) is 36.3 Å². The first kappa shape index (κ1) is 17.9. The van der Waals surface area contributed by atoms with Crippen LogP contribution in [0.2, 0.25) is 5.02 Å². The predicted molar refractivity (Wildman–Crippen MR) is 110 cm³/mol. The molecule has 0 radical (unpaired) electrons. The third kappa shape index (κ3) is 3.78. The van der Waals surface area contributed by atoms with Gasteiger partial charge in [0.05, 0.1) is 11.0 Å². The lowest BCUT2D eigenvalue weighted by Crippen LogP contribution is -2.40. The molecular formula is C21H23ClN4O. The molecule has 5 nitrogen and oxygen atoms in total. The molecule has 140 valence electrons. The number of likely N-dealkylation sites (tertiary alicyclic amines) is 1. The van der Waals surface area contributed by atoms with Gasteiger partial charge in [-0.05, 0) is 68.1 Å². The van der Waals surface area contributed by atoms with E-state index in [0.29, 0.717) is 24.0 Å². The van der Waals surface area contributed by atoms with E-state index in [1.165, 1.54) is 11.1 Å². The van der Waals surface area contributed by atoms with E-state index in [4.69, 9.17) is 16.6 Å². The van der Waals surface area contributed by atoms with Crippen molar-refractivity contribution < 1.29 is 4.79 Å². The van der Waals surface area contributed by atoms with E-state index in [1.807, 2.05) is 17.0 Å². The largest absolute Gasteiger partial charge is 0.342 e. The fourth-order valence-corrected chi connectivity index (χ4v) is 3.80. The van der Waals surface area contributed by atoms with Crippen LogP contribution in [0.15, 0.2) is 36.4 Å². The second-order valence-corrected chi connectivity index (χ2v) is 7.71. The molecule has 0 spiro atoms. The zero-order valence-electron chi connectivity index (χ0n) is 15.6. The van der Waals surface area contributed by atoms with Crippen LogP contribution in [0.4, 0.5) is 10.5 Å². The Morgan fingerprint density at radius 2 is 1.93 bits per heavy atom. The van der Waals surface area contributed by atoms with Crippen LogP contribution in [-0.2, 0) is 0 Å². The SMILES string of the molecule is Cc1cc2nc(C3CCN(C(=O)Nc4cccc(Cl)c4)CC3)[nH]c2cc1C. The van der Waals surface area contributed by atoms with Crippen molar-refractivity contribution in [2.24, 2.45) is 0 Å². The highest BCUT2D eigenvalue weighted by atomic mass is 35.5. The van der Waals surface area contributed by atoms with Gasteiger partial charge in [0.25, 0.3) is 0 Å². The second kappa shape index (κ2) is 7.24. The van der Waals surface area contributed by atoms with E-state index in [0.717, 1.165) is 35.4 Å². The minimum Gasteiger partial charge on any atom is -0.342 e. The van der Waals surface area contributed by atoms with Crippen LogP contribution in [0, 0.1) is 13.8 Å². The molecule has 0 saturated carbocycles. The zero-order chi connectivity index (χ0) is 19.0. The maximum Gasteiger partial charge on any atom is 0.321 e. The summed E-state index contributed by atoms with van der Waals surface area (Å²) >= 11 is 5.98. The summed E-state index contributed by atoms with van der Waals surface area (Å²) in [5, 5.41) is 3.53. The quantitative estimate of drug-likeness (QED) is 0.636. The van der Waals surface area contributed by atoms with Gasteiger partial charge in [0.15, 0.2) is 0 Å². The first-order valence-electron chi connectivity index (χ1n) is 9.28. The van der Waals surface area contributed by atoms with Crippen LogP contribution in [0.3, 0.4) is 0 Å². The topological polar surface area (TPSA) is 61.0 Å². The van der Waals surface area contributed by atoms with Crippen molar-refractivity contribution in [3.8, 4) is 0 Å². The number of benzene rings is 2. The number of nitrogens with zero attached hydrogens (tertiary/aromatic N) is 2. The third-order valence-electron chi connectivity index (χ3n) is 5.36. The average Bonchev–Trinajstić information content (AvgIpc) is 3.05. The number of anilines is 1. The Hall–Kier alpha value is -2.53. The molecule has 0 atom stereocenters. The van der Waals surface area contributed by atoms with Crippen molar-refractivity contribution in [3.05, 3.63) is 58.4 Å². The molecule has 6 heteroatoms. The molecule has 2 amide bonds. The first-order chi connectivity index (χ1) is 13.0. The van der Waals surface area contributed by atoms with Gasteiger partial charge in [-0.15, -0.1) is 0 Å². The normalized spacial score (nSPS) is 15.3. The number of H-pyrrole nitrogens is 1. The van der Waals surface area contributed by atoms with Crippen molar-refractivity contribution in [1.82, 2.24) is 14.9 Å². The number of aromatic nitrogens is 2. The molecule has 1 aliphatic rings. The number of hydrogen-bond donors (Lipinski definition) is 2. The molecule has 1 aliphatic heterocycles. The van der Waals surface area contributed by atoms with Gasteiger partial charge in [-0.2, -0.15) is 0 Å². The number of aryl methyl sites for hydroxylation is 2. The number of amides is 2. The maximum absolute atomic E-state index is 12.5. The third-order valence-corrected chi connectivity index (χ3v) is 5.60. The molecule has 2 N–H and O–H groups in total. The van der Waals surface area contributed by atoms with Gasteiger partial charge in [0, 0.05) is 29.7 Å². The van der Waals surface area contributed by atoms with Crippen molar-refractivity contribution in [3.63, 3.8) is 0 Å². The highest BCUT2D eigenvalue weighted by Crippen LogP contribution is 2.29. The lowest BCUT2D eigenvalue weighted by atomic mass is 9.96. The van der Waals surface area contributed by atoms with Gasteiger partial charge in [-0.25, -0.2) is 9.78 Å². The Kier molecular flexibility index (Phi) is 4.79. The van der Waals surface area contributed by atoms with E-state index in [-0.39, 0.29) is 6.03 Å². The van der Waals surface area contributed by atoms with Crippen molar-refractivity contribution >= 4 is 34.4 Å². The van der Waals surface area contributed by atoms with Gasteiger partial charge in [-0.1, -0.05) is 17.7 Å². The number of fused-ring (bicyclic) bond motifs is 1. The van der Waals surface area contributed by atoms with Crippen LogP contribution in [0.1, 0.15) is 35.7 Å². The van der Waals surface area contributed by atoms with Crippen LogP contribution >= 0.6 is 11.6 Å². The number of carbonyl (C=O) groups is 1. The van der Waals surface area contributed by atoms with E-state index in [9.17, 15) is 4.79 Å². The van der Waals surface area contributed by atoms with E-state index >= 15 is 0 Å². The molecule has 2 heterocycles. The van der Waals surface area contributed by atoms with Gasteiger partial charge >= 0.3 is 6.03 Å². The number of carbonyl (C=O) groups excluding carboxylic acids is 1. The summed E-state index contributed by atoms with van der Waals surface area (Å²) in [6.07, 6.45) is 1.81. The Morgan fingerprint density at radius 1 is 1.19 bits per heavy atom. The molecule has 0 unspecified atom stereocenters. The number of imidazole rings is 1. The van der Waals surface area contributed by atoms with Gasteiger partial charge in [-0.3, -0.25) is 0 Å². The summed E-state index contributed by atoms with van der Waals surface area (Å²) in [5.74, 6) is 1.39. The van der Waals surface area contributed by atoms with E-state index in [1.54, 1.807) is 12.1 Å². The Balaban J connectivity index is 1.40. The maximum atomic E-state index is 12.5. The standard InChI is InChI=1S/C21H23ClN4O/c1-13-10-18-19(11-14(13)2)25-20(24-18)15-6-8-26(9-7-15)21(27)23-17-5-3-4-16(22)12-17/h3-5,10-12,15H,6-9H2,1-2H3,(H,23,27)(H,24,25). The molecule has 3 aromatic rings. The Morgan fingerprint density at radius 3 is 2.67 bits per heavy atom. The first-order valence-corrected chi connectivity index (χ1v) is 9.66. The summed E-state index contributed by atoms with van der Waals surface area (Å²) in [5.41, 5.74) is 5.36. The summed E-state index contributed by atoms with van der Waals surface area (Å²) < 4.78 is 0. The summed E-state index contributed by atoms with van der Waals surface area (Å²) in [4.78, 5) is 22.6. The number of aromatic amines is 1. The fraction of sp³-hybridized carbons (Fsp3) is 0.333. The molecular weight excluding hydrogens is 360 g/mol. The molecule has 1 fully saturated rings. The minimum atomic E-state index is -0.0772. The van der Waals surface area contributed by atoms with Crippen molar-refractivity contribution in [1.29, 1.82) is 0 Å². The highest BCUT2D eigenvalue weighted by Gasteiger charge is 2.26. The molecule has 2 aromatic carbocycles. The van der Waals surface area contributed by atoms with Gasteiger partial charge in [0.2, 0.25) is 0 Å². The zero-order valence-corrected chi connectivity index (χ0v) is 16.3. The van der Waals surface area contributed by atoms with Crippen LogP contribution in [0.25, 0.3) is 11.0 Å².